The molecule has 33 heavy (non-hydrogen) atoms. The molecule has 2 amide bonds. The fourth-order valence-electron chi connectivity index (χ4n) is 3.55. The first-order chi connectivity index (χ1) is 15.9. The summed E-state index contributed by atoms with van der Waals surface area (Å²) in [6, 6.07) is 13.2. The van der Waals surface area contributed by atoms with Gasteiger partial charge in [-0.15, -0.1) is 11.3 Å². The number of hydrogen-bond donors (Lipinski definition) is 2. The van der Waals surface area contributed by atoms with Crippen LogP contribution in [0, 0.1) is 13.8 Å². The molecule has 7 nitrogen and oxygen atoms in total. The lowest BCUT2D eigenvalue weighted by Gasteiger charge is -2.11. The molecule has 4 rings (SSSR count). The quantitative estimate of drug-likeness (QED) is 0.452. The number of carbonyl (C=O) groups is 2. The van der Waals surface area contributed by atoms with Crippen LogP contribution >= 0.6 is 11.3 Å². The van der Waals surface area contributed by atoms with Crippen molar-refractivity contribution >= 4 is 39.1 Å². The summed E-state index contributed by atoms with van der Waals surface area (Å²) in [5.74, 6) is -0.472. The largest absolute Gasteiger partial charge is 0.355 e. The van der Waals surface area contributed by atoms with E-state index in [1.807, 2.05) is 43.5 Å². The molecule has 0 unspecified atom stereocenters. The van der Waals surface area contributed by atoms with Gasteiger partial charge in [0.1, 0.15) is 4.83 Å². The minimum atomic E-state index is -0.247. The summed E-state index contributed by atoms with van der Waals surface area (Å²) in [5.41, 5.74) is 4.68. The van der Waals surface area contributed by atoms with Crippen molar-refractivity contribution in [1.82, 2.24) is 14.9 Å². The van der Waals surface area contributed by atoms with Gasteiger partial charge < -0.3 is 10.6 Å². The Labute approximate surface area is 195 Å². The van der Waals surface area contributed by atoms with Gasteiger partial charge in [-0.1, -0.05) is 35.9 Å². The van der Waals surface area contributed by atoms with E-state index in [1.54, 1.807) is 25.2 Å². The molecule has 2 N–H and O–H groups in total. The van der Waals surface area contributed by atoms with Crippen molar-refractivity contribution in [3.63, 3.8) is 0 Å². The van der Waals surface area contributed by atoms with Crippen molar-refractivity contribution < 1.29 is 9.59 Å². The summed E-state index contributed by atoms with van der Waals surface area (Å²) < 4.78 is 1.47. The molecule has 4 aromatic rings. The number of fused-ring (bicyclic) bond motifs is 1. The lowest BCUT2D eigenvalue weighted by atomic mass is 10.1. The SMILES string of the molecule is CNC(=O)c1ccc(C)c(NC(=O)CCn2cnc3scc(-c4ccc(C)cc4)c3c2=O)c1. The highest BCUT2D eigenvalue weighted by molar-refractivity contribution is 7.17. The summed E-state index contributed by atoms with van der Waals surface area (Å²) in [6.45, 7) is 4.07. The van der Waals surface area contributed by atoms with Gasteiger partial charge in [0.25, 0.3) is 11.5 Å². The van der Waals surface area contributed by atoms with Crippen LogP contribution in [-0.4, -0.2) is 28.4 Å². The molecule has 8 heteroatoms. The first-order valence-corrected chi connectivity index (χ1v) is 11.4. The molecular weight excluding hydrogens is 436 g/mol. The van der Waals surface area contributed by atoms with E-state index in [0.717, 1.165) is 22.3 Å². The van der Waals surface area contributed by atoms with Crippen molar-refractivity contribution in [3.05, 3.63) is 81.2 Å². The summed E-state index contributed by atoms with van der Waals surface area (Å²) in [4.78, 5) is 42.8. The zero-order valence-electron chi connectivity index (χ0n) is 18.6. The Morgan fingerprint density at radius 2 is 1.85 bits per heavy atom. The molecule has 0 radical (unpaired) electrons. The summed E-state index contributed by atoms with van der Waals surface area (Å²) in [7, 11) is 1.56. The zero-order chi connectivity index (χ0) is 23.5. The van der Waals surface area contributed by atoms with E-state index in [2.05, 4.69) is 15.6 Å². The first-order valence-electron chi connectivity index (χ1n) is 10.5. The maximum absolute atomic E-state index is 13.2. The van der Waals surface area contributed by atoms with Crippen molar-refractivity contribution in [1.29, 1.82) is 0 Å². The van der Waals surface area contributed by atoms with Gasteiger partial charge in [-0.3, -0.25) is 19.0 Å². The molecule has 2 aromatic carbocycles. The topological polar surface area (TPSA) is 93.1 Å². The Kier molecular flexibility index (Phi) is 6.37. The van der Waals surface area contributed by atoms with E-state index in [9.17, 15) is 14.4 Å². The van der Waals surface area contributed by atoms with Crippen molar-refractivity contribution in [3.8, 4) is 11.1 Å². The van der Waals surface area contributed by atoms with Crippen LogP contribution in [0.4, 0.5) is 5.69 Å². The van der Waals surface area contributed by atoms with E-state index in [1.165, 1.54) is 22.2 Å². The van der Waals surface area contributed by atoms with Gasteiger partial charge in [0.15, 0.2) is 0 Å². The van der Waals surface area contributed by atoms with Crippen LogP contribution < -0.4 is 16.2 Å². The van der Waals surface area contributed by atoms with Crippen LogP contribution in [0.5, 0.6) is 0 Å². The van der Waals surface area contributed by atoms with Gasteiger partial charge in [-0.25, -0.2) is 4.98 Å². The molecule has 0 aliphatic rings. The number of thiophene rings is 1. The third-order valence-electron chi connectivity index (χ3n) is 5.50. The van der Waals surface area contributed by atoms with Crippen LogP contribution in [0.3, 0.4) is 0 Å². The van der Waals surface area contributed by atoms with Gasteiger partial charge >= 0.3 is 0 Å². The number of hydrogen-bond acceptors (Lipinski definition) is 5. The van der Waals surface area contributed by atoms with E-state index in [-0.39, 0.29) is 30.3 Å². The van der Waals surface area contributed by atoms with Gasteiger partial charge in [0, 0.05) is 42.2 Å². The number of carbonyl (C=O) groups excluding carboxylic acids is 2. The Bertz CT molecular complexity index is 1400. The van der Waals surface area contributed by atoms with E-state index in [0.29, 0.717) is 21.5 Å². The Morgan fingerprint density at radius 3 is 2.58 bits per heavy atom. The van der Waals surface area contributed by atoms with E-state index >= 15 is 0 Å². The van der Waals surface area contributed by atoms with Gasteiger partial charge in [-0.2, -0.15) is 0 Å². The number of rotatable bonds is 6. The fourth-order valence-corrected chi connectivity index (χ4v) is 4.46. The van der Waals surface area contributed by atoms with Crippen molar-refractivity contribution in [2.24, 2.45) is 0 Å². The smallest absolute Gasteiger partial charge is 0.262 e. The highest BCUT2D eigenvalue weighted by Gasteiger charge is 2.14. The molecule has 2 heterocycles. The number of aromatic nitrogens is 2. The lowest BCUT2D eigenvalue weighted by molar-refractivity contribution is -0.116. The Morgan fingerprint density at radius 1 is 1.09 bits per heavy atom. The Hall–Kier alpha value is -3.78. The maximum Gasteiger partial charge on any atom is 0.262 e. The standard InChI is InChI=1S/C25H24N4O3S/c1-15-4-7-17(8-5-15)19-13-33-24-22(19)25(32)29(14-27-24)11-10-21(30)28-20-12-18(23(31)26-3)9-6-16(20)2/h4-9,12-14H,10-11H2,1-3H3,(H,26,31)(H,28,30). The molecule has 0 saturated carbocycles. The van der Waals surface area contributed by atoms with Gasteiger partial charge in [0.05, 0.1) is 11.7 Å². The molecule has 0 atom stereocenters. The summed E-state index contributed by atoms with van der Waals surface area (Å²) >= 11 is 1.43. The molecule has 168 valence electrons. The van der Waals surface area contributed by atoms with Gasteiger partial charge in [-0.05, 0) is 37.1 Å². The van der Waals surface area contributed by atoms with Crippen LogP contribution in [0.25, 0.3) is 21.3 Å². The second kappa shape index (κ2) is 9.38. The summed E-state index contributed by atoms with van der Waals surface area (Å²) in [5, 5.41) is 7.93. The monoisotopic (exact) mass is 460 g/mol. The fraction of sp³-hybridized carbons (Fsp3) is 0.200. The number of anilines is 1. The number of nitrogens with zero attached hydrogens (tertiary/aromatic N) is 2. The molecule has 0 aliphatic heterocycles. The van der Waals surface area contributed by atoms with Crippen LogP contribution in [-0.2, 0) is 11.3 Å². The third-order valence-corrected chi connectivity index (χ3v) is 6.39. The van der Waals surface area contributed by atoms with E-state index in [4.69, 9.17) is 0 Å². The molecule has 0 spiro atoms. The molecule has 0 bridgehead atoms. The minimum absolute atomic E-state index is 0.0980. The minimum Gasteiger partial charge on any atom is -0.355 e. The average molecular weight is 461 g/mol. The third kappa shape index (κ3) is 4.70. The molecule has 2 aromatic heterocycles. The first kappa shape index (κ1) is 22.4. The average Bonchev–Trinajstić information content (AvgIpc) is 3.25. The highest BCUT2D eigenvalue weighted by Crippen LogP contribution is 2.30. The number of amides is 2. The molecule has 0 saturated heterocycles. The summed E-state index contributed by atoms with van der Waals surface area (Å²) in [6.07, 6.45) is 1.59. The predicted octanol–water partition coefficient (Wildman–Crippen LogP) is 4.13. The zero-order valence-corrected chi connectivity index (χ0v) is 19.5. The second-order valence-corrected chi connectivity index (χ2v) is 8.70. The van der Waals surface area contributed by atoms with Crippen LogP contribution in [0.1, 0.15) is 27.9 Å². The number of benzene rings is 2. The molecule has 0 aliphatic carbocycles. The second-order valence-electron chi connectivity index (χ2n) is 7.85. The Balaban J connectivity index is 1.53. The predicted molar refractivity (Wildman–Crippen MR) is 132 cm³/mol. The molecule has 0 fully saturated rings. The van der Waals surface area contributed by atoms with Gasteiger partial charge in [0.2, 0.25) is 5.91 Å². The van der Waals surface area contributed by atoms with Crippen LogP contribution in [0.15, 0.2) is 59.0 Å². The normalized spacial score (nSPS) is 10.9. The number of nitrogens with one attached hydrogen (secondary N) is 2. The highest BCUT2D eigenvalue weighted by atomic mass is 32.1. The molecular formula is C25H24N4O3S. The maximum atomic E-state index is 13.2. The number of aryl methyl sites for hydroxylation is 3. The van der Waals surface area contributed by atoms with E-state index < -0.39 is 0 Å². The lowest BCUT2D eigenvalue weighted by Crippen LogP contribution is -2.24. The van der Waals surface area contributed by atoms with Crippen molar-refractivity contribution in [2.45, 2.75) is 26.8 Å². The van der Waals surface area contributed by atoms with Crippen LogP contribution in [0.2, 0.25) is 0 Å². The van der Waals surface area contributed by atoms with Crippen molar-refractivity contribution in [2.75, 3.05) is 12.4 Å².